The Bertz CT molecular complexity index is 1120. The summed E-state index contributed by atoms with van der Waals surface area (Å²) in [6.45, 7) is 0. The fourth-order valence-corrected chi connectivity index (χ4v) is 6.20. The van der Waals surface area contributed by atoms with Crippen molar-refractivity contribution in [3.8, 4) is 11.1 Å². The summed E-state index contributed by atoms with van der Waals surface area (Å²) in [6.07, 6.45) is 9.26. The van der Waals surface area contributed by atoms with Crippen LogP contribution in [0, 0.1) is 5.92 Å². The molecule has 6 nitrogen and oxygen atoms in total. The Hall–Kier alpha value is -3.15. The second-order valence-electron chi connectivity index (χ2n) is 10.5. The normalized spacial score (nSPS) is 21.6. The molecule has 0 aromatic heterocycles. The molecule has 184 valence electrons. The van der Waals surface area contributed by atoms with E-state index >= 15 is 0 Å². The summed E-state index contributed by atoms with van der Waals surface area (Å²) in [5.74, 6) is -0.0595. The lowest BCUT2D eigenvalue weighted by molar-refractivity contribution is -0.136. The van der Waals surface area contributed by atoms with Gasteiger partial charge in [-0.3, -0.25) is 14.4 Å². The first-order valence-corrected chi connectivity index (χ1v) is 13.1. The Morgan fingerprint density at radius 2 is 1.57 bits per heavy atom. The molecule has 6 heteroatoms. The van der Waals surface area contributed by atoms with Crippen molar-refractivity contribution in [3.63, 3.8) is 0 Å². The number of hydrogen-bond acceptors (Lipinski definition) is 3. The third kappa shape index (κ3) is 4.58. The van der Waals surface area contributed by atoms with Gasteiger partial charge in [-0.1, -0.05) is 74.6 Å². The topological polar surface area (TPSA) is 78.5 Å². The highest BCUT2D eigenvalue weighted by Gasteiger charge is 2.45. The van der Waals surface area contributed by atoms with Crippen LogP contribution >= 0.6 is 0 Å². The molecule has 2 aromatic rings. The van der Waals surface area contributed by atoms with Gasteiger partial charge in [0.15, 0.2) is 0 Å². The van der Waals surface area contributed by atoms with Gasteiger partial charge in [-0.25, -0.2) is 0 Å². The molecule has 1 atom stereocenters. The van der Waals surface area contributed by atoms with Gasteiger partial charge >= 0.3 is 0 Å². The number of carbonyl (C=O) groups excluding carboxylic acids is 3. The average Bonchev–Trinajstić information content (AvgIpc) is 3.33. The van der Waals surface area contributed by atoms with Gasteiger partial charge in [-0.2, -0.15) is 0 Å². The number of hydrogen-bond donors (Lipinski definition) is 2. The molecule has 0 spiro atoms. The van der Waals surface area contributed by atoms with E-state index in [0.29, 0.717) is 25.2 Å². The van der Waals surface area contributed by atoms with Crippen LogP contribution in [-0.2, 0) is 14.4 Å². The quantitative estimate of drug-likeness (QED) is 0.649. The standard InChI is InChI=1S/C29H35N3O3/c1-32-24-16-8-7-14-22(24)21-13-5-6-15-23(21)26(27(32)34)30-28(35)29(17-9-10-18-29)31-25(33)19-20-11-3-2-4-12-20/h5-8,13-16,20,26H,2-4,9-12,17-19H2,1H3,(H,30,35)(H,31,33). The van der Waals surface area contributed by atoms with Gasteiger partial charge in [0.1, 0.15) is 11.6 Å². The smallest absolute Gasteiger partial charge is 0.253 e. The molecular formula is C29H35N3O3. The number of benzene rings is 2. The molecule has 1 heterocycles. The Kier molecular flexibility index (Phi) is 6.63. The molecule has 5 rings (SSSR count). The maximum atomic E-state index is 13.8. The first-order chi connectivity index (χ1) is 17.0. The average molecular weight is 474 g/mol. The molecule has 2 fully saturated rings. The predicted octanol–water partition coefficient (Wildman–Crippen LogP) is 4.89. The zero-order valence-corrected chi connectivity index (χ0v) is 20.5. The predicted molar refractivity (Wildman–Crippen MR) is 137 cm³/mol. The zero-order chi connectivity index (χ0) is 24.4. The molecule has 2 aliphatic carbocycles. The van der Waals surface area contributed by atoms with Crippen LogP contribution in [0.1, 0.15) is 75.8 Å². The van der Waals surface area contributed by atoms with E-state index in [1.165, 1.54) is 19.3 Å². The van der Waals surface area contributed by atoms with Gasteiger partial charge in [0, 0.05) is 19.0 Å². The molecule has 0 saturated heterocycles. The molecule has 3 amide bonds. The van der Waals surface area contributed by atoms with Crippen LogP contribution in [0.5, 0.6) is 0 Å². The fourth-order valence-electron chi connectivity index (χ4n) is 6.20. The van der Waals surface area contributed by atoms with E-state index < -0.39 is 11.6 Å². The second kappa shape index (κ2) is 9.84. The molecule has 3 aliphatic rings. The first kappa shape index (κ1) is 23.6. The summed E-state index contributed by atoms with van der Waals surface area (Å²) >= 11 is 0. The molecule has 0 radical (unpaired) electrons. The minimum absolute atomic E-state index is 0.0360. The number of fused-ring (bicyclic) bond motifs is 3. The summed E-state index contributed by atoms with van der Waals surface area (Å²) in [7, 11) is 1.75. The van der Waals surface area contributed by atoms with Crippen LogP contribution < -0.4 is 15.5 Å². The zero-order valence-electron chi connectivity index (χ0n) is 20.5. The van der Waals surface area contributed by atoms with E-state index in [-0.39, 0.29) is 17.7 Å². The molecular weight excluding hydrogens is 438 g/mol. The molecule has 2 aromatic carbocycles. The molecule has 0 bridgehead atoms. The van der Waals surface area contributed by atoms with Crippen molar-refractivity contribution in [2.45, 2.75) is 75.8 Å². The SMILES string of the molecule is CN1C(=O)C(NC(=O)C2(NC(=O)CC3CCCCC3)CCCC2)c2ccccc2-c2ccccc21. The molecule has 1 aliphatic heterocycles. The lowest BCUT2D eigenvalue weighted by atomic mass is 9.86. The van der Waals surface area contributed by atoms with E-state index in [0.717, 1.165) is 48.1 Å². The van der Waals surface area contributed by atoms with E-state index in [2.05, 4.69) is 10.6 Å². The van der Waals surface area contributed by atoms with Crippen LogP contribution in [0.4, 0.5) is 5.69 Å². The number of rotatable bonds is 5. The Morgan fingerprint density at radius 1 is 0.914 bits per heavy atom. The summed E-state index contributed by atoms with van der Waals surface area (Å²) in [6, 6.07) is 14.8. The Labute approximate surface area is 207 Å². The van der Waals surface area contributed by atoms with Gasteiger partial charge in [-0.15, -0.1) is 0 Å². The van der Waals surface area contributed by atoms with Crippen LogP contribution in [0.2, 0.25) is 0 Å². The number of nitrogens with zero attached hydrogens (tertiary/aromatic N) is 1. The van der Waals surface area contributed by atoms with Crippen molar-refractivity contribution in [2.24, 2.45) is 5.92 Å². The minimum atomic E-state index is -0.946. The highest BCUT2D eigenvalue weighted by atomic mass is 16.2. The maximum Gasteiger partial charge on any atom is 0.253 e. The summed E-state index contributed by atoms with van der Waals surface area (Å²) in [5, 5.41) is 6.21. The minimum Gasteiger partial charge on any atom is -0.342 e. The Morgan fingerprint density at radius 3 is 2.31 bits per heavy atom. The number of likely N-dealkylation sites (N-methyl/N-ethyl adjacent to an activating group) is 1. The third-order valence-electron chi connectivity index (χ3n) is 8.15. The molecule has 1 unspecified atom stereocenters. The van der Waals surface area contributed by atoms with E-state index in [9.17, 15) is 14.4 Å². The van der Waals surface area contributed by atoms with Gasteiger partial charge in [-0.05, 0) is 48.8 Å². The Balaban J connectivity index is 1.40. The number of anilines is 1. The van der Waals surface area contributed by atoms with Crippen LogP contribution in [0.15, 0.2) is 48.5 Å². The maximum absolute atomic E-state index is 13.8. The summed E-state index contributed by atoms with van der Waals surface area (Å²) < 4.78 is 0. The third-order valence-corrected chi connectivity index (χ3v) is 8.15. The van der Waals surface area contributed by atoms with Gasteiger partial charge in [0.05, 0.1) is 5.69 Å². The van der Waals surface area contributed by atoms with Gasteiger partial charge < -0.3 is 15.5 Å². The van der Waals surface area contributed by atoms with Crippen molar-refractivity contribution in [1.82, 2.24) is 10.6 Å². The summed E-state index contributed by atoms with van der Waals surface area (Å²) in [5.41, 5.74) is 2.56. The van der Waals surface area contributed by atoms with E-state index in [4.69, 9.17) is 0 Å². The number of amides is 3. The molecule has 2 saturated carbocycles. The fraction of sp³-hybridized carbons (Fsp3) is 0.483. The number of carbonyl (C=O) groups is 3. The first-order valence-electron chi connectivity index (χ1n) is 13.1. The van der Waals surface area contributed by atoms with Crippen molar-refractivity contribution in [2.75, 3.05) is 11.9 Å². The van der Waals surface area contributed by atoms with Crippen LogP contribution in [0.3, 0.4) is 0 Å². The van der Waals surface area contributed by atoms with E-state index in [1.807, 2.05) is 48.5 Å². The van der Waals surface area contributed by atoms with Crippen LogP contribution in [-0.4, -0.2) is 30.3 Å². The number of nitrogens with one attached hydrogen (secondary N) is 2. The molecule has 35 heavy (non-hydrogen) atoms. The van der Waals surface area contributed by atoms with Crippen molar-refractivity contribution < 1.29 is 14.4 Å². The van der Waals surface area contributed by atoms with E-state index in [1.54, 1.807) is 11.9 Å². The van der Waals surface area contributed by atoms with Crippen molar-refractivity contribution >= 4 is 23.4 Å². The van der Waals surface area contributed by atoms with Crippen LogP contribution in [0.25, 0.3) is 11.1 Å². The highest BCUT2D eigenvalue weighted by Crippen LogP contribution is 2.40. The second-order valence-corrected chi connectivity index (χ2v) is 10.5. The number of para-hydroxylation sites is 1. The van der Waals surface area contributed by atoms with Crippen molar-refractivity contribution in [1.29, 1.82) is 0 Å². The monoisotopic (exact) mass is 473 g/mol. The largest absolute Gasteiger partial charge is 0.342 e. The molecule has 2 N–H and O–H groups in total. The van der Waals surface area contributed by atoms with Gasteiger partial charge in [0.2, 0.25) is 11.8 Å². The lowest BCUT2D eigenvalue weighted by Gasteiger charge is -2.32. The van der Waals surface area contributed by atoms with Crippen molar-refractivity contribution in [3.05, 3.63) is 54.1 Å². The highest BCUT2D eigenvalue weighted by molar-refractivity contribution is 6.06. The summed E-state index contributed by atoms with van der Waals surface area (Å²) in [4.78, 5) is 42.1. The lowest BCUT2D eigenvalue weighted by Crippen LogP contribution is -2.59. The van der Waals surface area contributed by atoms with Gasteiger partial charge in [0.25, 0.3) is 5.91 Å².